The monoisotopic (exact) mass is 354 g/mol. The molecule has 0 atom stereocenters. The summed E-state index contributed by atoms with van der Waals surface area (Å²) in [6.07, 6.45) is 4.30. The van der Waals surface area contributed by atoms with Crippen molar-refractivity contribution in [1.82, 2.24) is 30.2 Å². The van der Waals surface area contributed by atoms with E-state index in [2.05, 4.69) is 25.5 Å². The van der Waals surface area contributed by atoms with Gasteiger partial charge in [-0.25, -0.2) is 9.07 Å². The fraction of sp³-hybridized carbons (Fsp3) is 0.278. The number of nitrogens with zero attached hydrogens (tertiary/aromatic N) is 4. The number of carbonyl (C=O) groups excluding carboxylic acids is 1. The van der Waals surface area contributed by atoms with Crippen molar-refractivity contribution >= 4 is 5.91 Å². The van der Waals surface area contributed by atoms with E-state index in [0.717, 1.165) is 35.5 Å². The van der Waals surface area contributed by atoms with Crippen LogP contribution in [0.25, 0.3) is 5.69 Å². The summed E-state index contributed by atoms with van der Waals surface area (Å²) in [4.78, 5) is 14.2. The van der Waals surface area contributed by atoms with E-state index >= 15 is 0 Å². The van der Waals surface area contributed by atoms with Crippen molar-refractivity contribution in [3.63, 3.8) is 0 Å². The Bertz CT molecular complexity index is 933. The zero-order valence-electron chi connectivity index (χ0n) is 14.4. The topological polar surface area (TPSA) is 78.8 Å². The van der Waals surface area contributed by atoms with Gasteiger partial charge in [-0.1, -0.05) is 0 Å². The molecular weight excluding hydrogens is 335 g/mol. The van der Waals surface area contributed by atoms with Gasteiger partial charge in [-0.15, -0.1) is 0 Å². The highest BCUT2D eigenvalue weighted by atomic mass is 19.1. The maximum Gasteiger partial charge on any atom is 0.271 e. The number of hydrogen-bond acceptors (Lipinski definition) is 4. The van der Waals surface area contributed by atoms with Gasteiger partial charge in [0, 0.05) is 56.8 Å². The van der Waals surface area contributed by atoms with E-state index in [1.165, 1.54) is 6.07 Å². The van der Waals surface area contributed by atoms with E-state index in [1.54, 1.807) is 30.1 Å². The molecule has 3 aromatic rings. The summed E-state index contributed by atoms with van der Waals surface area (Å²) in [5.41, 5.74) is 4.03. The van der Waals surface area contributed by atoms with Crippen LogP contribution < -0.4 is 5.32 Å². The molecule has 0 saturated carbocycles. The molecule has 2 aromatic heterocycles. The minimum absolute atomic E-state index is 0.202. The van der Waals surface area contributed by atoms with Gasteiger partial charge < -0.3 is 5.32 Å². The van der Waals surface area contributed by atoms with Crippen molar-refractivity contribution in [1.29, 1.82) is 0 Å². The summed E-state index contributed by atoms with van der Waals surface area (Å²) in [7, 11) is 1.59. The summed E-state index contributed by atoms with van der Waals surface area (Å²) >= 11 is 0. The Balaban J connectivity index is 1.61. The molecule has 2 N–H and O–H groups in total. The van der Waals surface area contributed by atoms with Crippen molar-refractivity contribution in [3.05, 3.63) is 65.0 Å². The highest BCUT2D eigenvalue weighted by Crippen LogP contribution is 2.24. The van der Waals surface area contributed by atoms with Crippen LogP contribution in [0.4, 0.5) is 4.39 Å². The van der Waals surface area contributed by atoms with Crippen molar-refractivity contribution in [2.75, 3.05) is 13.6 Å². The first kappa shape index (κ1) is 16.5. The largest absolute Gasteiger partial charge is 0.354 e. The Labute approximate surface area is 149 Å². The number of benzene rings is 1. The van der Waals surface area contributed by atoms with Crippen LogP contribution in [0.2, 0.25) is 0 Å². The van der Waals surface area contributed by atoms with Crippen LogP contribution in [-0.2, 0) is 19.5 Å². The molecule has 3 heterocycles. The summed E-state index contributed by atoms with van der Waals surface area (Å²) < 4.78 is 15.6. The molecule has 0 saturated heterocycles. The number of rotatable bonds is 4. The minimum Gasteiger partial charge on any atom is -0.354 e. The van der Waals surface area contributed by atoms with Crippen LogP contribution in [0.5, 0.6) is 0 Å². The number of halogens is 1. The zero-order chi connectivity index (χ0) is 18.1. The highest BCUT2D eigenvalue weighted by molar-refractivity contribution is 5.93. The van der Waals surface area contributed by atoms with Gasteiger partial charge in [0.05, 0.1) is 5.69 Å². The molecule has 8 heteroatoms. The first-order chi connectivity index (χ1) is 12.7. The van der Waals surface area contributed by atoms with E-state index in [0.29, 0.717) is 18.8 Å². The first-order valence-electron chi connectivity index (χ1n) is 8.44. The maximum atomic E-state index is 13.8. The lowest BCUT2D eigenvalue weighted by molar-refractivity contribution is 0.0955. The smallest absolute Gasteiger partial charge is 0.271 e. The Morgan fingerprint density at radius 1 is 1.42 bits per heavy atom. The van der Waals surface area contributed by atoms with Crippen molar-refractivity contribution in [3.8, 4) is 5.69 Å². The molecule has 0 unspecified atom stereocenters. The molecule has 1 aromatic carbocycles. The zero-order valence-corrected chi connectivity index (χ0v) is 14.4. The molecule has 0 bridgehead atoms. The third-order valence-corrected chi connectivity index (χ3v) is 4.64. The second kappa shape index (κ2) is 6.72. The first-order valence-corrected chi connectivity index (χ1v) is 8.44. The Morgan fingerprint density at radius 2 is 2.31 bits per heavy atom. The second-order valence-electron chi connectivity index (χ2n) is 6.29. The van der Waals surface area contributed by atoms with E-state index in [9.17, 15) is 9.18 Å². The van der Waals surface area contributed by atoms with E-state index < -0.39 is 0 Å². The third-order valence-electron chi connectivity index (χ3n) is 4.64. The molecule has 1 aliphatic heterocycles. The van der Waals surface area contributed by atoms with Crippen molar-refractivity contribution < 1.29 is 9.18 Å². The molecule has 0 radical (unpaired) electrons. The fourth-order valence-electron chi connectivity index (χ4n) is 3.35. The molecule has 0 fully saturated rings. The predicted octanol–water partition coefficient (Wildman–Crippen LogP) is 1.65. The number of hydrogen-bond donors (Lipinski definition) is 2. The molecule has 0 spiro atoms. The molecule has 7 nitrogen and oxygen atoms in total. The number of H-pyrrole nitrogens is 1. The van der Waals surface area contributed by atoms with E-state index in [-0.39, 0.29) is 11.7 Å². The Kier molecular flexibility index (Phi) is 4.26. The molecule has 0 aliphatic carbocycles. The van der Waals surface area contributed by atoms with Gasteiger partial charge in [-0.3, -0.25) is 14.8 Å². The summed E-state index contributed by atoms with van der Waals surface area (Å²) in [6.45, 7) is 1.95. The van der Waals surface area contributed by atoms with Crippen LogP contribution in [0.15, 0.2) is 36.7 Å². The normalized spacial score (nSPS) is 14.2. The lowest BCUT2D eigenvalue weighted by Gasteiger charge is -2.27. The summed E-state index contributed by atoms with van der Waals surface area (Å²) in [6, 6.07) is 6.55. The van der Waals surface area contributed by atoms with Gasteiger partial charge in [-0.05, 0) is 29.8 Å². The number of amides is 1. The number of fused-ring (bicyclic) bond motifs is 1. The van der Waals surface area contributed by atoms with Crippen molar-refractivity contribution in [2.24, 2.45) is 0 Å². The van der Waals surface area contributed by atoms with Crippen LogP contribution in [0.3, 0.4) is 0 Å². The molecule has 1 amide bonds. The van der Waals surface area contributed by atoms with Gasteiger partial charge in [-0.2, -0.15) is 10.2 Å². The fourth-order valence-corrected chi connectivity index (χ4v) is 3.35. The van der Waals surface area contributed by atoms with Gasteiger partial charge in [0.2, 0.25) is 0 Å². The summed E-state index contributed by atoms with van der Waals surface area (Å²) in [5.74, 6) is -0.477. The number of carbonyl (C=O) groups is 1. The molecule has 26 heavy (non-hydrogen) atoms. The standard InChI is InChI=1S/C18H19FN6O/c1-20-18(26)17-14-11-24(8-5-15(14)22-23-17)10-12-9-13(19)3-4-16(12)25-7-2-6-21-25/h2-4,6-7,9H,5,8,10-11H2,1H3,(H,20,26)(H,22,23). The average molecular weight is 354 g/mol. The Morgan fingerprint density at radius 3 is 3.08 bits per heavy atom. The van der Waals surface area contributed by atoms with Gasteiger partial charge in [0.25, 0.3) is 5.91 Å². The lowest BCUT2D eigenvalue weighted by atomic mass is 10.0. The second-order valence-corrected chi connectivity index (χ2v) is 6.29. The molecule has 4 rings (SSSR count). The van der Waals surface area contributed by atoms with E-state index in [1.807, 2.05) is 12.3 Å². The van der Waals surface area contributed by atoms with Crippen LogP contribution >= 0.6 is 0 Å². The van der Waals surface area contributed by atoms with Crippen LogP contribution in [0.1, 0.15) is 27.3 Å². The summed E-state index contributed by atoms with van der Waals surface area (Å²) in [5, 5.41) is 14.0. The highest BCUT2D eigenvalue weighted by Gasteiger charge is 2.25. The third kappa shape index (κ3) is 2.99. The van der Waals surface area contributed by atoms with Crippen molar-refractivity contribution in [2.45, 2.75) is 19.5 Å². The van der Waals surface area contributed by atoms with E-state index in [4.69, 9.17) is 0 Å². The van der Waals surface area contributed by atoms with Crippen LogP contribution in [0, 0.1) is 5.82 Å². The Hall–Kier alpha value is -3.00. The number of aromatic nitrogens is 4. The molecular formula is C18H19FN6O. The van der Waals surface area contributed by atoms with Crippen LogP contribution in [-0.4, -0.2) is 44.4 Å². The lowest BCUT2D eigenvalue weighted by Crippen LogP contribution is -2.32. The quantitative estimate of drug-likeness (QED) is 0.747. The maximum absolute atomic E-state index is 13.8. The SMILES string of the molecule is CNC(=O)c1n[nH]c2c1CN(Cc1cc(F)ccc1-n1cccn1)CC2. The average Bonchev–Trinajstić information content (AvgIpc) is 3.31. The minimum atomic E-state index is -0.275. The van der Waals surface area contributed by atoms with Gasteiger partial charge >= 0.3 is 0 Å². The van der Waals surface area contributed by atoms with Gasteiger partial charge in [0.1, 0.15) is 5.82 Å². The van der Waals surface area contributed by atoms with Gasteiger partial charge in [0.15, 0.2) is 5.69 Å². The number of nitrogens with one attached hydrogen (secondary N) is 2. The predicted molar refractivity (Wildman–Crippen MR) is 93.3 cm³/mol. The number of aromatic amines is 1. The molecule has 1 aliphatic rings. The molecule has 134 valence electrons.